The zero-order valence-corrected chi connectivity index (χ0v) is 13.5. The van der Waals surface area contributed by atoms with Crippen molar-refractivity contribution in [1.82, 2.24) is 19.4 Å². The highest BCUT2D eigenvalue weighted by atomic mass is 32.2. The number of nitrogens with zero attached hydrogens (tertiary/aromatic N) is 3. The molecule has 0 saturated carbocycles. The van der Waals surface area contributed by atoms with E-state index < -0.39 is 10.0 Å². The van der Waals surface area contributed by atoms with Gasteiger partial charge in [0.25, 0.3) is 0 Å². The smallest absolute Gasteiger partial charge is 0.246 e. The number of unbranched alkanes of at least 4 members (excludes halogenated alkanes) is 1. The Labute approximate surface area is 122 Å². The quantitative estimate of drug-likeness (QED) is 0.662. The van der Waals surface area contributed by atoms with Crippen LogP contribution >= 0.6 is 0 Å². The van der Waals surface area contributed by atoms with Gasteiger partial charge in [-0.25, -0.2) is 8.42 Å². The molecule has 20 heavy (non-hydrogen) atoms. The summed E-state index contributed by atoms with van der Waals surface area (Å²) >= 11 is 0. The van der Waals surface area contributed by atoms with Crippen LogP contribution in [0.3, 0.4) is 0 Å². The first-order valence-electron chi connectivity index (χ1n) is 7.29. The lowest BCUT2D eigenvalue weighted by Crippen LogP contribution is -2.31. The fraction of sp³-hybridized carbons (Fsp3) is 0.769. The standard InChI is InChI=1S/C13H26N4O2S/c1-4-7-9-17(6-3)20(18,19)13-11-15-16(12-13)10-8-14-5-2/h11-12,14H,4-10H2,1-3H3. The number of likely N-dealkylation sites (N-methyl/N-ethyl adjacent to an activating group) is 1. The van der Waals surface area contributed by atoms with E-state index in [0.717, 1.165) is 25.9 Å². The lowest BCUT2D eigenvalue weighted by atomic mass is 10.3. The predicted octanol–water partition coefficient (Wildman–Crippen LogP) is 1.30. The Morgan fingerprint density at radius 1 is 1.35 bits per heavy atom. The number of hydrogen-bond donors (Lipinski definition) is 1. The van der Waals surface area contributed by atoms with Crippen LogP contribution < -0.4 is 5.32 Å². The van der Waals surface area contributed by atoms with E-state index >= 15 is 0 Å². The highest BCUT2D eigenvalue weighted by Gasteiger charge is 2.24. The number of rotatable bonds is 10. The minimum absolute atomic E-state index is 0.284. The molecule has 0 aliphatic carbocycles. The van der Waals surface area contributed by atoms with E-state index in [4.69, 9.17) is 0 Å². The first-order chi connectivity index (χ1) is 9.56. The molecule has 6 nitrogen and oxygen atoms in total. The third-order valence-corrected chi connectivity index (χ3v) is 5.06. The third kappa shape index (κ3) is 4.57. The van der Waals surface area contributed by atoms with Crippen molar-refractivity contribution in [2.75, 3.05) is 26.2 Å². The predicted molar refractivity (Wildman–Crippen MR) is 80.1 cm³/mol. The van der Waals surface area contributed by atoms with Gasteiger partial charge in [-0.3, -0.25) is 4.68 Å². The Kier molecular flexibility index (Phi) is 7.18. The highest BCUT2D eigenvalue weighted by molar-refractivity contribution is 7.89. The van der Waals surface area contributed by atoms with E-state index in [2.05, 4.69) is 17.3 Å². The monoisotopic (exact) mass is 302 g/mol. The summed E-state index contributed by atoms with van der Waals surface area (Å²) in [6.45, 7) is 9.36. The minimum atomic E-state index is -3.40. The molecule has 0 spiro atoms. The SMILES string of the molecule is CCCCN(CC)S(=O)(=O)c1cnn(CCNCC)c1. The van der Waals surface area contributed by atoms with Crippen LogP contribution in [0.1, 0.15) is 33.6 Å². The lowest BCUT2D eigenvalue weighted by Gasteiger charge is -2.18. The Morgan fingerprint density at radius 2 is 2.10 bits per heavy atom. The summed E-state index contributed by atoms with van der Waals surface area (Å²) in [5, 5.41) is 7.31. The van der Waals surface area contributed by atoms with E-state index in [1.54, 1.807) is 10.9 Å². The second-order valence-corrected chi connectivity index (χ2v) is 6.58. The van der Waals surface area contributed by atoms with Crippen LogP contribution in [-0.4, -0.2) is 48.7 Å². The van der Waals surface area contributed by atoms with E-state index in [9.17, 15) is 8.42 Å². The molecule has 1 aromatic rings. The Morgan fingerprint density at radius 3 is 2.70 bits per heavy atom. The summed E-state index contributed by atoms with van der Waals surface area (Å²) in [6, 6.07) is 0. The van der Waals surface area contributed by atoms with Gasteiger partial charge in [-0.05, 0) is 13.0 Å². The molecule has 0 aliphatic heterocycles. The van der Waals surface area contributed by atoms with Crippen molar-refractivity contribution in [1.29, 1.82) is 0 Å². The average Bonchev–Trinajstić information content (AvgIpc) is 2.89. The van der Waals surface area contributed by atoms with Crippen molar-refractivity contribution in [3.8, 4) is 0 Å². The van der Waals surface area contributed by atoms with Crippen molar-refractivity contribution < 1.29 is 8.42 Å². The van der Waals surface area contributed by atoms with Gasteiger partial charge in [0.15, 0.2) is 0 Å². The van der Waals surface area contributed by atoms with Gasteiger partial charge in [-0.2, -0.15) is 9.40 Å². The van der Waals surface area contributed by atoms with Gasteiger partial charge in [-0.15, -0.1) is 0 Å². The normalized spacial score (nSPS) is 12.2. The number of aromatic nitrogens is 2. The highest BCUT2D eigenvalue weighted by Crippen LogP contribution is 2.15. The molecule has 0 fully saturated rings. The zero-order valence-electron chi connectivity index (χ0n) is 12.7. The lowest BCUT2D eigenvalue weighted by molar-refractivity contribution is 0.419. The molecule has 0 bridgehead atoms. The van der Waals surface area contributed by atoms with Gasteiger partial charge < -0.3 is 5.32 Å². The summed E-state index contributed by atoms with van der Waals surface area (Å²) in [4.78, 5) is 0.284. The van der Waals surface area contributed by atoms with Crippen molar-refractivity contribution in [3.05, 3.63) is 12.4 Å². The molecule has 1 N–H and O–H groups in total. The maximum Gasteiger partial charge on any atom is 0.246 e. The summed E-state index contributed by atoms with van der Waals surface area (Å²) in [7, 11) is -3.40. The summed E-state index contributed by atoms with van der Waals surface area (Å²) < 4.78 is 28.1. The van der Waals surface area contributed by atoms with E-state index in [1.165, 1.54) is 10.5 Å². The van der Waals surface area contributed by atoms with Crippen molar-refractivity contribution >= 4 is 10.0 Å². The van der Waals surface area contributed by atoms with Crippen LogP contribution in [0.25, 0.3) is 0 Å². The van der Waals surface area contributed by atoms with Gasteiger partial charge >= 0.3 is 0 Å². The van der Waals surface area contributed by atoms with Crippen LogP contribution in [0.2, 0.25) is 0 Å². The first-order valence-corrected chi connectivity index (χ1v) is 8.73. The minimum Gasteiger partial charge on any atom is -0.315 e. The average molecular weight is 302 g/mol. The maximum absolute atomic E-state index is 12.5. The molecule has 0 amide bonds. The summed E-state index contributed by atoms with van der Waals surface area (Å²) in [5.41, 5.74) is 0. The first kappa shape index (κ1) is 17.1. The second-order valence-electron chi connectivity index (χ2n) is 4.64. The van der Waals surface area contributed by atoms with Crippen molar-refractivity contribution in [3.63, 3.8) is 0 Å². The van der Waals surface area contributed by atoms with Crippen LogP contribution in [0, 0.1) is 0 Å². The topological polar surface area (TPSA) is 67.2 Å². The second kappa shape index (κ2) is 8.39. The van der Waals surface area contributed by atoms with Crippen LogP contribution in [-0.2, 0) is 16.6 Å². The number of hydrogen-bond acceptors (Lipinski definition) is 4. The zero-order chi connectivity index (χ0) is 15.0. The van der Waals surface area contributed by atoms with E-state index in [-0.39, 0.29) is 4.90 Å². The summed E-state index contributed by atoms with van der Waals surface area (Å²) in [6.07, 6.45) is 4.91. The molecular formula is C13H26N4O2S. The molecule has 7 heteroatoms. The number of sulfonamides is 1. The molecule has 1 rings (SSSR count). The van der Waals surface area contributed by atoms with Crippen LogP contribution in [0.5, 0.6) is 0 Å². The maximum atomic E-state index is 12.5. The molecule has 0 aliphatic rings. The third-order valence-electron chi connectivity index (χ3n) is 3.13. The Bertz CT molecular complexity index is 484. The molecule has 1 aromatic heterocycles. The molecule has 0 radical (unpaired) electrons. The molecule has 0 atom stereocenters. The fourth-order valence-electron chi connectivity index (χ4n) is 1.90. The largest absolute Gasteiger partial charge is 0.315 e. The van der Waals surface area contributed by atoms with Gasteiger partial charge in [0, 0.05) is 25.8 Å². The molecule has 0 saturated heterocycles. The fourth-order valence-corrected chi connectivity index (χ4v) is 3.35. The van der Waals surface area contributed by atoms with Gasteiger partial charge in [-0.1, -0.05) is 27.2 Å². The molecule has 0 aromatic carbocycles. The Hall–Kier alpha value is -0.920. The molecular weight excluding hydrogens is 276 g/mol. The van der Waals surface area contributed by atoms with Gasteiger partial charge in [0.05, 0.1) is 12.7 Å². The molecule has 1 heterocycles. The molecule has 116 valence electrons. The van der Waals surface area contributed by atoms with E-state index in [1.807, 2.05) is 13.8 Å². The van der Waals surface area contributed by atoms with Gasteiger partial charge in [0.1, 0.15) is 4.90 Å². The van der Waals surface area contributed by atoms with Crippen molar-refractivity contribution in [2.45, 2.75) is 45.1 Å². The number of nitrogens with one attached hydrogen (secondary N) is 1. The van der Waals surface area contributed by atoms with Crippen LogP contribution in [0.4, 0.5) is 0 Å². The van der Waals surface area contributed by atoms with Crippen molar-refractivity contribution in [2.24, 2.45) is 0 Å². The molecule has 0 unspecified atom stereocenters. The van der Waals surface area contributed by atoms with Crippen LogP contribution in [0.15, 0.2) is 17.3 Å². The summed E-state index contributed by atoms with van der Waals surface area (Å²) in [5.74, 6) is 0. The van der Waals surface area contributed by atoms with E-state index in [0.29, 0.717) is 19.6 Å². The van der Waals surface area contributed by atoms with Gasteiger partial charge in [0.2, 0.25) is 10.0 Å². The Balaban J connectivity index is 2.75.